The van der Waals surface area contributed by atoms with E-state index in [4.69, 9.17) is 4.74 Å². The summed E-state index contributed by atoms with van der Waals surface area (Å²) in [6, 6.07) is 8.07. The summed E-state index contributed by atoms with van der Waals surface area (Å²) in [4.78, 5) is 12.5. The van der Waals surface area contributed by atoms with Crippen LogP contribution in [0.4, 0.5) is 5.69 Å². The first kappa shape index (κ1) is 14.9. The van der Waals surface area contributed by atoms with Crippen LogP contribution in [-0.4, -0.2) is 31.7 Å². The van der Waals surface area contributed by atoms with Crippen molar-refractivity contribution in [1.29, 1.82) is 0 Å². The molecular formula is C16H24N2O2. The molecule has 1 aliphatic rings. The lowest BCUT2D eigenvalue weighted by Gasteiger charge is -2.43. The normalized spacial score (nSPS) is 26.1. The van der Waals surface area contributed by atoms with Gasteiger partial charge in [-0.05, 0) is 37.9 Å². The van der Waals surface area contributed by atoms with E-state index in [1.807, 2.05) is 18.2 Å². The summed E-state index contributed by atoms with van der Waals surface area (Å²) in [5, 5.41) is 6.87. The van der Waals surface area contributed by atoms with Gasteiger partial charge >= 0.3 is 5.97 Å². The van der Waals surface area contributed by atoms with E-state index in [-0.39, 0.29) is 11.9 Å². The van der Waals surface area contributed by atoms with Crippen molar-refractivity contribution >= 4 is 11.7 Å². The highest BCUT2D eigenvalue weighted by atomic mass is 16.5. The summed E-state index contributed by atoms with van der Waals surface area (Å²) in [6.07, 6.45) is 1.67. The van der Waals surface area contributed by atoms with Crippen LogP contribution >= 0.6 is 0 Å². The molecule has 0 radical (unpaired) electrons. The topological polar surface area (TPSA) is 50.4 Å². The zero-order valence-electron chi connectivity index (χ0n) is 12.5. The fourth-order valence-corrected chi connectivity index (χ4v) is 3.05. The van der Waals surface area contributed by atoms with Gasteiger partial charge in [-0.3, -0.25) is 0 Å². The van der Waals surface area contributed by atoms with Gasteiger partial charge in [-0.15, -0.1) is 0 Å². The number of para-hydroxylation sites is 1. The Morgan fingerprint density at radius 1 is 1.50 bits per heavy atom. The number of benzene rings is 1. The third-order valence-electron chi connectivity index (χ3n) is 4.33. The number of hydrogen-bond donors (Lipinski definition) is 2. The van der Waals surface area contributed by atoms with Gasteiger partial charge in [0.25, 0.3) is 0 Å². The van der Waals surface area contributed by atoms with Crippen molar-refractivity contribution in [3.05, 3.63) is 29.8 Å². The number of hydrogen-bond acceptors (Lipinski definition) is 4. The Morgan fingerprint density at radius 3 is 2.90 bits per heavy atom. The maximum absolute atomic E-state index is 12.5. The number of ether oxygens (including phenoxy) is 1. The van der Waals surface area contributed by atoms with E-state index < -0.39 is 5.54 Å². The van der Waals surface area contributed by atoms with Crippen LogP contribution < -0.4 is 10.6 Å². The first-order valence-electron chi connectivity index (χ1n) is 7.27. The molecule has 2 unspecified atom stereocenters. The fourth-order valence-electron chi connectivity index (χ4n) is 3.05. The molecule has 4 nitrogen and oxygen atoms in total. The van der Waals surface area contributed by atoms with E-state index in [2.05, 4.69) is 30.5 Å². The maximum Gasteiger partial charge on any atom is 0.331 e. The van der Waals surface area contributed by atoms with Gasteiger partial charge in [0.05, 0.1) is 7.11 Å². The minimum Gasteiger partial charge on any atom is -0.467 e. The van der Waals surface area contributed by atoms with Crippen molar-refractivity contribution in [2.75, 3.05) is 25.5 Å². The van der Waals surface area contributed by atoms with E-state index in [0.717, 1.165) is 37.2 Å². The lowest BCUT2D eigenvalue weighted by atomic mass is 9.76. The second-order valence-corrected chi connectivity index (χ2v) is 5.46. The van der Waals surface area contributed by atoms with Crippen LogP contribution in [0.1, 0.15) is 25.3 Å². The van der Waals surface area contributed by atoms with E-state index >= 15 is 0 Å². The summed E-state index contributed by atoms with van der Waals surface area (Å²) >= 11 is 0. The number of rotatable bonds is 4. The molecule has 110 valence electrons. The smallest absolute Gasteiger partial charge is 0.331 e. The molecule has 0 amide bonds. The summed E-state index contributed by atoms with van der Waals surface area (Å²) in [6.45, 7) is 5.83. The monoisotopic (exact) mass is 276 g/mol. The van der Waals surface area contributed by atoms with Crippen LogP contribution in [0.2, 0.25) is 0 Å². The zero-order valence-corrected chi connectivity index (χ0v) is 12.5. The molecule has 0 saturated carbocycles. The minimum atomic E-state index is -0.624. The summed E-state index contributed by atoms with van der Waals surface area (Å²) in [7, 11) is 1.47. The van der Waals surface area contributed by atoms with Crippen LogP contribution in [0.25, 0.3) is 0 Å². The van der Waals surface area contributed by atoms with Gasteiger partial charge in [-0.2, -0.15) is 0 Å². The van der Waals surface area contributed by atoms with E-state index in [0.29, 0.717) is 0 Å². The third-order valence-corrected chi connectivity index (χ3v) is 4.33. The number of piperidine rings is 1. The molecule has 2 rings (SSSR count). The first-order valence-corrected chi connectivity index (χ1v) is 7.27. The molecule has 20 heavy (non-hydrogen) atoms. The number of carbonyl (C=O) groups excluding carboxylic acids is 1. The standard InChI is InChI=1S/C16H24N2O2/c1-4-13-11-17-10-9-16(13,15(19)20-3)18-14-8-6-5-7-12(14)2/h5-8,13,17-18H,4,9-11H2,1-3H3. The average molecular weight is 276 g/mol. The molecule has 0 aromatic heterocycles. The number of methoxy groups -OCH3 is 1. The SMILES string of the molecule is CCC1CNCCC1(Nc1ccccc1C)C(=O)OC. The van der Waals surface area contributed by atoms with E-state index in [1.54, 1.807) is 0 Å². The predicted molar refractivity (Wildman–Crippen MR) is 80.8 cm³/mol. The highest BCUT2D eigenvalue weighted by Gasteiger charge is 2.47. The highest BCUT2D eigenvalue weighted by Crippen LogP contribution is 2.33. The molecule has 0 bridgehead atoms. The van der Waals surface area contributed by atoms with Gasteiger partial charge in [-0.1, -0.05) is 25.1 Å². The molecule has 1 aliphatic heterocycles. The Morgan fingerprint density at radius 2 is 2.25 bits per heavy atom. The number of carbonyl (C=O) groups is 1. The largest absolute Gasteiger partial charge is 0.467 e. The molecule has 1 saturated heterocycles. The van der Waals surface area contributed by atoms with Crippen LogP contribution in [0, 0.1) is 12.8 Å². The minimum absolute atomic E-state index is 0.158. The van der Waals surface area contributed by atoms with E-state index in [1.165, 1.54) is 7.11 Å². The van der Waals surface area contributed by atoms with Crippen molar-refractivity contribution in [3.63, 3.8) is 0 Å². The van der Waals surface area contributed by atoms with Crippen LogP contribution in [0.15, 0.2) is 24.3 Å². The molecule has 1 aromatic rings. The molecule has 1 fully saturated rings. The quantitative estimate of drug-likeness (QED) is 0.829. The third kappa shape index (κ3) is 2.66. The van der Waals surface area contributed by atoms with Crippen LogP contribution in [0.5, 0.6) is 0 Å². The Hall–Kier alpha value is -1.55. The molecule has 0 aliphatic carbocycles. The predicted octanol–water partition coefficient (Wildman–Crippen LogP) is 2.34. The fraction of sp³-hybridized carbons (Fsp3) is 0.562. The summed E-state index contributed by atoms with van der Waals surface area (Å²) in [5.74, 6) is 0.0670. The van der Waals surface area contributed by atoms with Gasteiger partial charge in [-0.25, -0.2) is 4.79 Å². The van der Waals surface area contributed by atoms with Gasteiger partial charge in [0, 0.05) is 18.2 Å². The molecule has 2 N–H and O–H groups in total. The molecule has 1 aromatic carbocycles. The number of nitrogens with one attached hydrogen (secondary N) is 2. The zero-order chi connectivity index (χ0) is 14.6. The lowest BCUT2D eigenvalue weighted by Crippen LogP contribution is -2.60. The van der Waals surface area contributed by atoms with Gasteiger partial charge in [0.2, 0.25) is 0 Å². The van der Waals surface area contributed by atoms with Gasteiger partial charge in [0.15, 0.2) is 0 Å². The number of anilines is 1. The number of esters is 1. The summed E-state index contributed by atoms with van der Waals surface area (Å²) < 4.78 is 5.11. The Balaban J connectivity index is 2.36. The molecule has 0 spiro atoms. The van der Waals surface area contributed by atoms with Crippen molar-refractivity contribution in [1.82, 2.24) is 5.32 Å². The van der Waals surface area contributed by atoms with Crippen molar-refractivity contribution in [2.45, 2.75) is 32.2 Å². The molecular weight excluding hydrogens is 252 g/mol. The molecule has 1 heterocycles. The molecule has 2 atom stereocenters. The van der Waals surface area contributed by atoms with Crippen molar-refractivity contribution in [3.8, 4) is 0 Å². The first-order chi connectivity index (χ1) is 9.64. The molecule has 4 heteroatoms. The van der Waals surface area contributed by atoms with Gasteiger partial charge < -0.3 is 15.4 Å². The Labute approximate surface area is 120 Å². The lowest BCUT2D eigenvalue weighted by molar-refractivity contribution is -0.149. The van der Waals surface area contributed by atoms with Crippen LogP contribution in [0.3, 0.4) is 0 Å². The van der Waals surface area contributed by atoms with E-state index in [9.17, 15) is 4.79 Å². The second-order valence-electron chi connectivity index (χ2n) is 5.46. The van der Waals surface area contributed by atoms with Crippen LogP contribution in [-0.2, 0) is 9.53 Å². The number of aryl methyl sites for hydroxylation is 1. The van der Waals surface area contributed by atoms with Crippen molar-refractivity contribution < 1.29 is 9.53 Å². The Bertz CT molecular complexity index is 475. The van der Waals surface area contributed by atoms with Gasteiger partial charge in [0.1, 0.15) is 5.54 Å². The highest BCUT2D eigenvalue weighted by molar-refractivity contribution is 5.85. The Kier molecular flexibility index (Phi) is 4.65. The summed E-state index contributed by atoms with van der Waals surface area (Å²) in [5.41, 5.74) is 1.53. The second kappa shape index (κ2) is 6.27. The maximum atomic E-state index is 12.5. The van der Waals surface area contributed by atoms with Crippen molar-refractivity contribution in [2.24, 2.45) is 5.92 Å². The average Bonchev–Trinajstić information content (AvgIpc) is 2.49.